The van der Waals surface area contributed by atoms with Gasteiger partial charge in [0.05, 0.1) is 11.3 Å². The van der Waals surface area contributed by atoms with Crippen LogP contribution in [0.4, 0.5) is 13.2 Å². The summed E-state index contributed by atoms with van der Waals surface area (Å²) < 4.78 is 46.7. The van der Waals surface area contributed by atoms with Gasteiger partial charge in [-0.25, -0.2) is 4.98 Å². The Kier molecular flexibility index (Phi) is 11.6. The highest BCUT2D eigenvalue weighted by molar-refractivity contribution is 7.09. The van der Waals surface area contributed by atoms with Crippen molar-refractivity contribution in [3.63, 3.8) is 0 Å². The molecule has 10 nitrogen and oxygen atoms in total. The van der Waals surface area contributed by atoms with Gasteiger partial charge in [-0.3, -0.25) is 19.3 Å². The first-order valence-corrected chi connectivity index (χ1v) is 14.5. The molecule has 0 bridgehead atoms. The summed E-state index contributed by atoms with van der Waals surface area (Å²) in [6, 6.07) is 2.69. The average Bonchev–Trinajstić information content (AvgIpc) is 3.49. The molecule has 3 rings (SSSR count). The van der Waals surface area contributed by atoms with Gasteiger partial charge in [0.25, 0.3) is 11.8 Å². The first-order valence-electron chi connectivity index (χ1n) is 13.6. The fourth-order valence-electron chi connectivity index (χ4n) is 4.63. The van der Waals surface area contributed by atoms with E-state index in [0.717, 1.165) is 6.21 Å². The number of aromatic nitrogens is 1. The van der Waals surface area contributed by atoms with Gasteiger partial charge in [-0.05, 0) is 56.2 Å². The Balaban J connectivity index is 1.97. The molecule has 14 heteroatoms. The van der Waals surface area contributed by atoms with Crippen molar-refractivity contribution in [1.82, 2.24) is 25.4 Å². The van der Waals surface area contributed by atoms with Crippen molar-refractivity contribution in [2.75, 3.05) is 33.2 Å². The monoisotopic (exact) mass is 632 g/mol. The number of amides is 3. The number of ether oxygens (including phenoxy) is 1. The number of halogens is 3. The molecule has 2 atom stereocenters. The molecular formula is C30H35F3N6O4S. The Morgan fingerprint density at radius 1 is 1.25 bits per heavy atom. The summed E-state index contributed by atoms with van der Waals surface area (Å²) >= 11 is 0.449. The highest BCUT2D eigenvalue weighted by atomic mass is 32.1. The standard InChI is InChI=1S/C30H35F3N6O4S/c1-6-26(40)39-11-10-38(15-20(39)4)16-25(23-17-44-29(37-23)30(31,32)33)43-24-12-19(3)21(13-22(24)27(41)35-5)28(42)36-14-18(2)8-7-9-34/h6-9,12-14,17,20,25,34H,1,10-11,15-16H2,2-5H3,(H,35,41)(H,36,42)/b8-7-,18-14+,34-9?/t20-,25+/m1/s1. The molecule has 0 unspecified atom stereocenters. The molecule has 1 aliphatic heterocycles. The second-order valence-electron chi connectivity index (χ2n) is 10.2. The van der Waals surface area contributed by atoms with Crippen LogP contribution in [0.3, 0.4) is 0 Å². The molecule has 0 radical (unpaired) electrons. The van der Waals surface area contributed by atoms with Gasteiger partial charge in [-0.1, -0.05) is 12.7 Å². The fraction of sp³-hybridized carbons (Fsp3) is 0.367. The second-order valence-corrected chi connectivity index (χ2v) is 11.0. The van der Waals surface area contributed by atoms with Crippen molar-refractivity contribution in [2.24, 2.45) is 0 Å². The molecule has 1 aromatic carbocycles. The van der Waals surface area contributed by atoms with Crippen molar-refractivity contribution in [2.45, 2.75) is 39.1 Å². The maximum Gasteiger partial charge on any atom is 0.443 e. The molecule has 1 aromatic heterocycles. The zero-order chi connectivity index (χ0) is 32.6. The van der Waals surface area contributed by atoms with Crippen molar-refractivity contribution in [3.8, 4) is 5.75 Å². The quantitative estimate of drug-likeness (QED) is 0.190. The van der Waals surface area contributed by atoms with Gasteiger partial charge >= 0.3 is 6.18 Å². The van der Waals surface area contributed by atoms with Gasteiger partial charge in [0.2, 0.25) is 5.91 Å². The van der Waals surface area contributed by atoms with Gasteiger partial charge in [-0.15, -0.1) is 11.3 Å². The largest absolute Gasteiger partial charge is 0.482 e. The third-order valence-electron chi connectivity index (χ3n) is 6.89. The predicted molar refractivity (Wildman–Crippen MR) is 162 cm³/mol. The normalized spacial score (nSPS) is 16.8. The van der Waals surface area contributed by atoms with Crippen molar-refractivity contribution in [3.05, 3.63) is 81.5 Å². The first kappa shape index (κ1) is 34.2. The number of piperazine rings is 1. The smallest absolute Gasteiger partial charge is 0.443 e. The van der Waals surface area contributed by atoms with Crippen molar-refractivity contribution in [1.29, 1.82) is 5.41 Å². The fourth-order valence-corrected chi connectivity index (χ4v) is 5.36. The SMILES string of the molecule is C=CC(=O)N1CCN(C[C@H](Oc2cc(C)c(C(=O)N/C=C(C)/C=C\C=N)cc2C(=O)NC)c2csc(C(F)(F)F)n2)C[C@H]1C. The third kappa shape index (κ3) is 8.63. The number of thiazole rings is 1. The van der Waals surface area contributed by atoms with E-state index in [9.17, 15) is 27.6 Å². The Bertz CT molecular complexity index is 1470. The number of alkyl halides is 3. The van der Waals surface area contributed by atoms with Crippen LogP contribution < -0.4 is 15.4 Å². The van der Waals surface area contributed by atoms with E-state index in [-0.39, 0.29) is 41.1 Å². The molecule has 3 amide bonds. The maximum absolute atomic E-state index is 13.5. The van der Waals surface area contributed by atoms with E-state index in [1.165, 1.54) is 42.9 Å². The Labute approximate surface area is 257 Å². The number of nitrogens with one attached hydrogen (secondary N) is 3. The minimum Gasteiger partial charge on any atom is -0.482 e. The highest BCUT2D eigenvalue weighted by Gasteiger charge is 2.37. The van der Waals surface area contributed by atoms with E-state index in [4.69, 9.17) is 10.1 Å². The van der Waals surface area contributed by atoms with E-state index >= 15 is 0 Å². The molecule has 1 aliphatic rings. The first-order chi connectivity index (χ1) is 20.8. The highest BCUT2D eigenvalue weighted by Crippen LogP contribution is 2.35. The van der Waals surface area contributed by atoms with Crippen LogP contribution in [0, 0.1) is 12.3 Å². The average molecular weight is 633 g/mol. The molecule has 1 saturated heterocycles. The van der Waals surface area contributed by atoms with Crippen LogP contribution in [0.1, 0.15) is 56.9 Å². The lowest BCUT2D eigenvalue weighted by atomic mass is 10.0. The van der Waals surface area contributed by atoms with Crippen LogP contribution in [0.15, 0.2) is 54.1 Å². The van der Waals surface area contributed by atoms with Gasteiger partial charge < -0.3 is 25.7 Å². The minimum atomic E-state index is -4.64. The molecular weight excluding hydrogens is 597 g/mol. The zero-order valence-corrected chi connectivity index (χ0v) is 25.6. The Morgan fingerprint density at radius 3 is 2.57 bits per heavy atom. The second kappa shape index (κ2) is 14.9. The molecule has 1 fully saturated rings. The summed E-state index contributed by atoms with van der Waals surface area (Å²) in [6.45, 7) is 10.2. The summed E-state index contributed by atoms with van der Waals surface area (Å²) in [6.07, 6.45) is 1.29. The topological polar surface area (TPSA) is 128 Å². The van der Waals surface area contributed by atoms with Crippen molar-refractivity contribution >= 4 is 35.3 Å². The van der Waals surface area contributed by atoms with E-state index < -0.39 is 29.1 Å². The maximum atomic E-state index is 13.5. The number of hydrogen-bond donors (Lipinski definition) is 3. The lowest BCUT2D eigenvalue weighted by molar-refractivity contribution is -0.137. The summed E-state index contributed by atoms with van der Waals surface area (Å²) in [5.41, 5.74) is 1.39. The Hall–Kier alpha value is -4.30. The predicted octanol–water partition coefficient (Wildman–Crippen LogP) is 4.51. The molecule has 3 N–H and O–H groups in total. The zero-order valence-electron chi connectivity index (χ0n) is 24.8. The third-order valence-corrected chi connectivity index (χ3v) is 7.79. The number of benzene rings is 1. The molecule has 2 aromatic rings. The van der Waals surface area contributed by atoms with E-state index in [0.29, 0.717) is 42.1 Å². The Morgan fingerprint density at radius 2 is 1.98 bits per heavy atom. The molecule has 236 valence electrons. The van der Waals surface area contributed by atoms with Gasteiger partial charge in [0.1, 0.15) is 5.75 Å². The number of aryl methyl sites for hydroxylation is 1. The number of rotatable bonds is 11. The van der Waals surface area contributed by atoms with E-state index in [2.05, 4.69) is 22.2 Å². The molecule has 2 heterocycles. The number of nitrogens with zero attached hydrogens (tertiary/aromatic N) is 3. The van der Waals surface area contributed by atoms with Crippen LogP contribution >= 0.6 is 11.3 Å². The van der Waals surface area contributed by atoms with Crippen LogP contribution in [0.25, 0.3) is 0 Å². The molecule has 0 spiro atoms. The van der Waals surface area contributed by atoms with Crippen LogP contribution in [-0.2, 0) is 11.0 Å². The number of carbonyl (C=O) groups excluding carboxylic acids is 3. The van der Waals surface area contributed by atoms with Crippen LogP contribution in [0.5, 0.6) is 5.75 Å². The summed E-state index contributed by atoms with van der Waals surface area (Å²) in [5.74, 6) is -1.19. The minimum absolute atomic E-state index is 0.0127. The van der Waals surface area contributed by atoms with Gasteiger partial charge in [-0.2, -0.15) is 13.2 Å². The lowest BCUT2D eigenvalue weighted by Gasteiger charge is -2.40. The number of allylic oxidation sites excluding steroid dienone is 3. The van der Waals surface area contributed by atoms with E-state index in [1.807, 2.05) is 11.8 Å². The summed E-state index contributed by atoms with van der Waals surface area (Å²) in [5, 5.41) is 12.5. The van der Waals surface area contributed by atoms with Crippen LogP contribution in [0.2, 0.25) is 0 Å². The summed E-state index contributed by atoms with van der Waals surface area (Å²) in [4.78, 5) is 45.6. The molecule has 0 aliphatic carbocycles. The lowest BCUT2D eigenvalue weighted by Crippen LogP contribution is -2.54. The van der Waals surface area contributed by atoms with E-state index in [1.54, 1.807) is 24.8 Å². The van der Waals surface area contributed by atoms with Gasteiger partial charge in [0.15, 0.2) is 11.1 Å². The number of hydrogen-bond acceptors (Lipinski definition) is 8. The van der Waals surface area contributed by atoms with Crippen molar-refractivity contribution < 1.29 is 32.3 Å². The van der Waals surface area contributed by atoms with Gasteiger partial charge in [0, 0.05) is 62.6 Å². The van der Waals surface area contributed by atoms with Crippen LogP contribution in [-0.4, -0.2) is 78.0 Å². The summed E-state index contributed by atoms with van der Waals surface area (Å²) in [7, 11) is 1.41. The molecule has 0 saturated carbocycles. The number of carbonyl (C=O) groups is 3. The molecule has 44 heavy (non-hydrogen) atoms.